The van der Waals surface area contributed by atoms with Gasteiger partial charge in [-0.15, -0.1) is 11.8 Å². The predicted molar refractivity (Wildman–Crippen MR) is 156 cm³/mol. The van der Waals surface area contributed by atoms with E-state index in [1.54, 1.807) is 35.2 Å². The highest BCUT2D eigenvalue weighted by Crippen LogP contribution is 2.28. The zero-order chi connectivity index (χ0) is 26.8. The molecule has 196 valence electrons. The maximum Gasteiger partial charge on any atom is 0.243 e. The first kappa shape index (κ1) is 29.4. The van der Waals surface area contributed by atoms with E-state index in [0.717, 1.165) is 16.7 Å². The Bertz CT molecular complexity index is 1150. The summed E-state index contributed by atoms with van der Waals surface area (Å²) in [6.07, 6.45) is 0.408. The molecule has 0 radical (unpaired) electrons. The molecule has 0 saturated carbocycles. The monoisotopic (exact) mass is 576 g/mol. The molecule has 37 heavy (non-hydrogen) atoms. The Labute approximate surface area is 238 Å². The van der Waals surface area contributed by atoms with Crippen LogP contribution in [-0.2, 0) is 28.3 Å². The molecule has 0 fully saturated rings. The summed E-state index contributed by atoms with van der Waals surface area (Å²) in [6, 6.07) is 21.8. The summed E-state index contributed by atoms with van der Waals surface area (Å²) in [4.78, 5) is 28.8. The molecular weight excluding hydrogens is 547 g/mol. The summed E-state index contributed by atoms with van der Waals surface area (Å²) in [5.74, 6) is 0.653. The van der Waals surface area contributed by atoms with E-state index < -0.39 is 6.04 Å². The fourth-order valence-corrected chi connectivity index (χ4v) is 5.53. The lowest BCUT2D eigenvalue weighted by Gasteiger charge is -2.32. The molecule has 0 aliphatic carbocycles. The number of carbonyl (C=O) groups excluding carboxylic acids is 2. The molecule has 2 amide bonds. The fraction of sp³-hybridized carbons (Fsp3) is 0.310. The summed E-state index contributed by atoms with van der Waals surface area (Å²) >= 11 is 20.1. The Morgan fingerprint density at radius 1 is 0.865 bits per heavy atom. The van der Waals surface area contributed by atoms with Gasteiger partial charge in [-0.1, -0.05) is 97.2 Å². The zero-order valence-electron chi connectivity index (χ0n) is 20.9. The third-order valence-corrected chi connectivity index (χ3v) is 7.66. The van der Waals surface area contributed by atoms with Gasteiger partial charge in [-0.3, -0.25) is 9.59 Å². The van der Waals surface area contributed by atoms with Gasteiger partial charge in [0.15, 0.2) is 0 Å². The molecule has 1 atom stereocenters. The van der Waals surface area contributed by atoms with Crippen LogP contribution < -0.4 is 5.32 Å². The highest BCUT2D eigenvalue weighted by atomic mass is 35.5. The fourth-order valence-electron chi connectivity index (χ4n) is 3.76. The van der Waals surface area contributed by atoms with Crippen molar-refractivity contribution in [3.05, 3.63) is 105 Å². The molecule has 1 N–H and O–H groups in total. The standard InChI is InChI=1S/C29H31Cl3N2O2S/c1-20(2)16-33-29(36)27(15-21-7-4-3-5-8-21)34(17-22-11-13-23(30)14-12-22)28(35)19-37-18-24-25(31)9-6-10-26(24)32/h3-14,20,27H,15-19H2,1-2H3,(H,33,36)/t27-/m0/s1. The predicted octanol–water partition coefficient (Wildman–Crippen LogP) is 7.29. The highest BCUT2D eigenvalue weighted by Gasteiger charge is 2.30. The molecule has 0 bridgehead atoms. The molecule has 0 aliphatic heterocycles. The van der Waals surface area contributed by atoms with E-state index in [1.165, 1.54) is 11.8 Å². The van der Waals surface area contributed by atoms with E-state index in [4.69, 9.17) is 34.8 Å². The summed E-state index contributed by atoms with van der Waals surface area (Å²) in [7, 11) is 0. The molecule has 3 aromatic carbocycles. The van der Waals surface area contributed by atoms with Crippen LogP contribution >= 0.6 is 46.6 Å². The van der Waals surface area contributed by atoms with Crippen molar-refractivity contribution < 1.29 is 9.59 Å². The minimum absolute atomic E-state index is 0.135. The average molecular weight is 578 g/mol. The largest absolute Gasteiger partial charge is 0.354 e. The number of amides is 2. The molecule has 0 aromatic heterocycles. The number of hydrogen-bond acceptors (Lipinski definition) is 3. The van der Waals surface area contributed by atoms with Gasteiger partial charge >= 0.3 is 0 Å². The van der Waals surface area contributed by atoms with E-state index >= 15 is 0 Å². The van der Waals surface area contributed by atoms with Crippen molar-refractivity contribution in [3.8, 4) is 0 Å². The lowest BCUT2D eigenvalue weighted by Crippen LogP contribution is -2.51. The normalized spacial score (nSPS) is 11.8. The Balaban J connectivity index is 1.85. The second-order valence-corrected chi connectivity index (χ2v) is 11.4. The van der Waals surface area contributed by atoms with Crippen LogP contribution in [0.3, 0.4) is 0 Å². The molecule has 0 aliphatic rings. The number of hydrogen-bond donors (Lipinski definition) is 1. The number of nitrogens with one attached hydrogen (secondary N) is 1. The van der Waals surface area contributed by atoms with Gasteiger partial charge in [0, 0.05) is 40.3 Å². The van der Waals surface area contributed by atoms with Crippen molar-refractivity contribution >= 4 is 58.4 Å². The maximum atomic E-state index is 13.7. The Morgan fingerprint density at radius 3 is 2.14 bits per heavy atom. The van der Waals surface area contributed by atoms with E-state index in [2.05, 4.69) is 5.32 Å². The number of nitrogens with zero attached hydrogens (tertiary/aromatic N) is 1. The number of halogens is 3. The maximum absolute atomic E-state index is 13.7. The van der Waals surface area contributed by atoms with Gasteiger partial charge in [0.1, 0.15) is 6.04 Å². The van der Waals surface area contributed by atoms with Crippen molar-refractivity contribution in [2.45, 2.75) is 38.6 Å². The van der Waals surface area contributed by atoms with Gasteiger partial charge in [-0.05, 0) is 46.9 Å². The average Bonchev–Trinajstić information content (AvgIpc) is 2.88. The second kappa shape index (κ2) is 14.7. The van der Waals surface area contributed by atoms with Crippen molar-refractivity contribution in [1.82, 2.24) is 10.2 Å². The molecular formula is C29H31Cl3N2O2S. The lowest BCUT2D eigenvalue weighted by atomic mass is 10.0. The first-order valence-corrected chi connectivity index (χ1v) is 14.4. The van der Waals surface area contributed by atoms with Gasteiger partial charge in [0.05, 0.1) is 5.75 Å². The van der Waals surface area contributed by atoms with Crippen molar-refractivity contribution in [1.29, 1.82) is 0 Å². The van der Waals surface area contributed by atoms with Crippen LogP contribution in [0.5, 0.6) is 0 Å². The van der Waals surface area contributed by atoms with Gasteiger partial charge in [-0.25, -0.2) is 0 Å². The molecule has 3 rings (SSSR count). The van der Waals surface area contributed by atoms with Gasteiger partial charge in [-0.2, -0.15) is 0 Å². The Morgan fingerprint density at radius 2 is 1.51 bits per heavy atom. The minimum atomic E-state index is -0.672. The Kier molecular flexibility index (Phi) is 11.7. The van der Waals surface area contributed by atoms with Gasteiger partial charge in [0.2, 0.25) is 11.8 Å². The SMILES string of the molecule is CC(C)CNC(=O)[C@H](Cc1ccccc1)N(Cc1ccc(Cl)cc1)C(=O)CSCc1c(Cl)cccc1Cl. The van der Waals surface area contributed by atoms with Crippen LogP contribution in [0.1, 0.15) is 30.5 Å². The Hall–Kier alpha value is -2.18. The third kappa shape index (κ3) is 9.26. The van der Waals surface area contributed by atoms with Crippen LogP contribution in [0.4, 0.5) is 0 Å². The molecule has 0 heterocycles. The number of thioether (sulfide) groups is 1. The summed E-state index contributed by atoms with van der Waals surface area (Å²) in [5, 5.41) is 4.79. The van der Waals surface area contributed by atoms with E-state index in [9.17, 15) is 9.59 Å². The number of carbonyl (C=O) groups is 2. The molecule has 0 spiro atoms. The smallest absolute Gasteiger partial charge is 0.243 e. The molecule has 8 heteroatoms. The molecule has 0 unspecified atom stereocenters. The van der Waals surface area contributed by atoms with Crippen LogP contribution in [0.15, 0.2) is 72.8 Å². The van der Waals surface area contributed by atoms with E-state index in [-0.39, 0.29) is 30.0 Å². The van der Waals surface area contributed by atoms with Crippen molar-refractivity contribution in [2.75, 3.05) is 12.3 Å². The third-order valence-electron chi connectivity index (χ3n) is 5.76. The van der Waals surface area contributed by atoms with Crippen LogP contribution in [0.2, 0.25) is 15.1 Å². The summed E-state index contributed by atoms with van der Waals surface area (Å²) < 4.78 is 0. The van der Waals surface area contributed by atoms with E-state index in [0.29, 0.717) is 33.8 Å². The highest BCUT2D eigenvalue weighted by molar-refractivity contribution is 7.99. The van der Waals surface area contributed by atoms with Crippen LogP contribution in [0.25, 0.3) is 0 Å². The van der Waals surface area contributed by atoms with Crippen LogP contribution in [0, 0.1) is 5.92 Å². The molecule has 4 nitrogen and oxygen atoms in total. The van der Waals surface area contributed by atoms with Gasteiger partial charge < -0.3 is 10.2 Å². The van der Waals surface area contributed by atoms with Crippen molar-refractivity contribution in [3.63, 3.8) is 0 Å². The molecule has 3 aromatic rings. The topological polar surface area (TPSA) is 49.4 Å². The summed E-state index contributed by atoms with van der Waals surface area (Å²) in [5.41, 5.74) is 2.67. The zero-order valence-corrected chi connectivity index (χ0v) is 24.0. The van der Waals surface area contributed by atoms with Crippen molar-refractivity contribution in [2.24, 2.45) is 5.92 Å². The quantitative estimate of drug-likeness (QED) is 0.246. The first-order valence-electron chi connectivity index (χ1n) is 12.1. The first-order chi connectivity index (χ1) is 17.7. The lowest BCUT2D eigenvalue weighted by molar-refractivity contribution is -0.139. The van der Waals surface area contributed by atoms with Gasteiger partial charge in [0.25, 0.3) is 0 Å². The second-order valence-electron chi connectivity index (χ2n) is 9.19. The number of rotatable bonds is 12. The molecule has 0 saturated heterocycles. The minimum Gasteiger partial charge on any atom is -0.354 e. The van der Waals surface area contributed by atoms with E-state index in [1.807, 2.05) is 56.3 Å². The van der Waals surface area contributed by atoms with Crippen LogP contribution in [-0.4, -0.2) is 35.1 Å². The number of benzene rings is 3. The summed E-state index contributed by atoms with van der Waals surface area (Å²) in [6.45, 7) is 4.90.